The molecule has 0 spiro atoms. The highest BCUT2D eigenvalue weighted by atomic mass is 19.4. The maximum Gasteiger partial charge on any atom is 0.416 e. The van der Waals surface area contributed by atoms with Gasteiger partial charge in [-0.05, 0) is 24.5 Å². The van der Waals surface area contributed by atoms with Crippen LogP contribution in [-0.2, 0) is 11.0 Å². The molecule has 0 bridgehead atoms. The molecule has 1 saturated heterocycles. The van der Waals surface area contributed by atoms with E-state index in [4.69, 9.17) is 5.73 Å². The van der Waals surface area contributed by atoms with Crippen LogP contribution in [0.25, 0.3) is 0 Å². The molecule has 0 radical (unpaired) electrons. The molecule has 1 aromatic carbocycles. The van der Waals surface area contributed by atoms with E-state index in [1.54, 1.807) is 6.07 Å². The molecule has 1 aromatic rings. The van der Waals surface area contributed by atoms with Gasteiger partial charge >= 0.3 is 6.18 Å². The van der Waals surface area contributed by atoms with Crippen molar-refractivity contribution in [2.24, 2.45) is 5.73 Å². The lowest BCUT2D eigenvalue weighted by molar-refractivity contribution is -0.140. The van der Waals surface area contributed by atoms with Crippen molar-refractivity contribution in [2.45, 2.75) is 37.5 Å². The maximum atomic E-state index is 13.1. The van der Waals surface area contributed by atoms with Gasteiger partial charge in [0.05, 0.1) is 11.6 Å². The van der Waals surface area contributed by atoms with Crippen molar-refractivity contribution in [1.82, 2.24) is 4.90 Å². The standard InChI is InChI=1S/C14H17F3N2O/c1-19-12(20)8-4-7-11(18)13(19)9-5-2-3-6-10(9)14(15,16)17/h2-3,5-6,11,13H,4,7-8,18H2,1H3. The van der Waals surface area contributed by atoms with Crippen LogP contribution in [-0.4, -0.2) is 23.9 Å². The van der Waals surface area contributed by atoms with Gasteiger partial charge in [0.15, 0.2) is 0 Å². The first-order valence-electron chi connectivity index (χ1n) is 6.49. The summed E-state index contributed by atoms with van der Waals surface area (Å²) >= 11 is 0. The third-order valence-corrected chi connectivity index (χ3v) is 3.73. The molecule has 1 heterocycles. The van der Waals surface area contributed by atoms with Crippen LogP contribution < -0.4 is 5.73 Å². The van der Waals surface area contributed by atoms with Crippen molar-refractivity contribution in [3.05, 3.63) is 35.4 Å². The van der Waals surface area contributed by atoms with E-state index >= 15 is 0 Å². The second kappa shape index (κ2) is 5.44. The number of likely N-dealkylation sites (tertiary alicyclic amines) is 1. The molecule has 0 aromatic heterocycles. The minimum Gasteiger partial charge on any atom is -0.337 e. The Kier molecular flexibility index (Phi) is 4.04. The highest BCUT2D eigenvalue weighted by Gasteiger charge is 2.39. The molecule has 1 aliphatic heterocycles. The number of hydrogen-bond acceptors (Lipinski definition) is 2. The zero-order valence-corrected chi connectivity index (χ0v) is 11.2. The van der Waals surface area contributed by atoms with Crippen molar-refractivity contribution >= 4 is 5.91 Å². The summed E-state index contributed by atoms with van der Waals surface area (Å²) in [7, 11) is 1.52. The van der Waals surface area contributed by atoms with E-state index in [-0.39, 0.29) is 11.5 Å². The molecular formula is C14H17F3N2O. The summed E-state index contributed by atoms with van der Waals surface area (Å²) in [5.41, 5.74) is 5.37. The summed E-state index contributed by atoms with van der Waals surface area (Å²) < 4.78 is 39.3. The number of carbonyl (C=O) groups is 1. The highest BCUT2D eigenvalue weighted by Crippen LogP contribution is 2.38. The van der Waals surface area contributed by atoms with Crippen molar-refractivity contribution in [3.63, 3.8) is 0 Å². The third-order valence-electron chi connectivity index (χ3n) is 3.73. The van der Waals surface area contributed by atoms with Gasteiger partial charge in [0.1, 0.15) is 0 Å². The lowest BCUT2D eigenvalue weighted by Crippen LogP contribution is -2.40. The van der Waals surface area contributed by atoms with Crippen LogP contribution >= 0.6 is 0 Å². The summed E-state index contributed by atoms with van der Waals surface area (Å²) in [5, 5.41) is 0. The Bertz CT molecular complexity index is 501. The fraction of sp³-hybridized carbons (Fsp3) is 0.500. The molecule has 1 fully saturated rings. The van der Waals surface area contributed by atoms with Crippen LogP contribution in [0.2, 0.25) is 0 Å². The predicted octanol–water partition coefficient (Wildman–Crippen LogP) is 2.72. The minimum atomic E-state index is -4.45. The summed E-state index contributed by atoms with van der Waals surface area (Å²) in [6.07, 6.45) is -2.98. The number of halogens is 3. The van der Waals surface area contributed by atoms with Crippen LogP contribution in [0.4, 0.5) is 13.2 Å². The molecule has 0 saturated carbocycles. The second-order valence-electron chi connectivity index (χ2n) is 5.09. The van der Waals surface area contributed by atoms with Gasteiger partial charge in [-0.25, -0.2) is 0 Å². The first-order chi connectivity index (χ1) is 9.32. The summed E-state index contributed by atoms with van der Waals surface area (Å²) in [5.74, 6) is -0.167. The van der Waals surface area contributed by atoms with Gasteiger partial charge in [-0.3, -0.25) is 4.79 Å². The quantitative estimate of drug-likeness (QED) is 0.863. The van der Waals surface area contributed by atoms with Gasteiger partial charge < -0.3 is 10.6 Å². The number of amides is 1. The van der Waals surface area contributed by atoms with E-state index in [9.17, 15) is 18.0 Å². The van der Waals surface area contributed by atoms with Crippen molar-refractivity contribution in [2.75, 3.05) is 7.05 Å². The van der Waals surface area contributed by atoms with E-state index in [1.807, 2.05) is 0 Å². The fourth-order valence-corrected chi connectivity index (χ4v) is 2.72. The average molecular weight is 286 g/mol. The lowest BCUT2D eigenvalue weighted by Gasteiger charge is -2.32. The van der Waals surface area contributed by atoms with Gasteiger partial charge in [-0.1, -0.05) is 18.2 Å². The number of hydrogen-bond donors (Lipinski definition) is 1. The molecule has 3 nitrogen and oxygen atoms in total. The molecule has 1 aliphatic rings. The molecule has 110 valence electrons. The van der Waals surface area contributed by atoms with Crippen LogP contribution in [0.15, 0.2) is 24.3 Å². The van der Waals surface area contributed by atoms with Crippen LogP contribution in [0.1, 0.15) is 36.4 Å². The Hall–Kier alpha value is -1.56. The first-order valence-corrected chi connectivity index (χ1v) is 6.49. The first kappa shape index (κ1) is 14.8. The van der Waals surface area contributed by atoms with Gasteiger partial charge in [-0.15, -0.1) is 0 Å². The summed E-state index contributed by atoms with van der Waals surface area (Å²) in [4.78, 5) is 13.2. The minimum absolute atomic E-state index is 0.0743. The van der Waals surface area contributed by atoms with Crippen LogP contribution in [0.5, 0.6) is 0 Å². The zero-order valence-electron chi connectivity index (χ0n) is 11.2. The zero-order chi connectivity index (χ0) is 14.9. The molecule has 2 rings (SSSR count). The monoisotopic (exact) mass is 286 g/mol. The van der Waals surface area contributed by atoms with Gasteiger partial charge in [0.2, 0.25) is 5.91 Å². The lowest BCUT2D eigenvalue weighted by atomic mass is 9.92. The topological polar surface area (TPSA) is 46.3 Å². The molecule has 0 aliphatic carbocycles. The number of benzene rings is 1. The van der Waals surface area contributed by atoms with Crippen LogP contribution in [0.3, 0.4) is 0 Å². The number of carbonyl (C=O) groups excluding carboxylic acids is 1. The predicted molar refractivity (Wildman–Crippen MR) is 68.8 cm³/mol. The van der Waals surface area contributed by atoms with Crippen molar-refractivity contribution in [1.29, 1.82) is 0 Å². The number of nitrogens with two attached hydrogens (primary N) is 1. The van der Waals surface area contributed by atoms with Gasteiger partial charge in [-0.2, -0.15) is 13.2 Å². The van der Waals surface area contributed by atoms with E-state index in [1.165, 1.54) is 24.1 Å². The highest BCUT2D eigenvalue weighted by molar-refractivity contribution is 5.77. The Morgan fingerprint density at radius 2 is 1.95 bits per heavy atom. The Balaban J connectivity index is 2.50. The number of rotatable bonds is 1. The van der Waals surface area contributed by atoms with Crippen LogP contribution in [0, 0.1) is 0 Å². The Morgan fingerprint density at radius 3 is 2.60 bits per heavy atom. The Labute approximate surface area is 115 Å². The number of alkyl halides is 3. The molecule has 6 heteroatoms. The summed E-state index contributed by atoms with van der Waals surface area (Å²) in [6.45, 7) is 0. The van der Waals surface area contributed by atoms with Crippen molar-refractivity contribution < 1.29 is 18.0 Å². The molecule has 2 atom stereocenters. The SMILES string of the molecule is CN1C(=O)CCCC(N)C1c1ccccc1C(F)(F)F. The fourth-order valence-electron chi connectivity index (χ4n) is 2.72. The van der Waals surface area contributed by atoms with Crippen molar-refractivity contribution in [3.8, 4) is 0 Å². The second-order valence-corrected chi connectivity index (χ2v) is 5.09. The smallest absolute Gasteiger partial charge is 0.337 e. The van der Waals surface area contributed by atoms with Gasteiger partial charge in [0.25, 0.3) is 0 Å². The molecule has 2 unspecified atom stereocenters. The van der Waals surface area contributed by atoms with E-state index < -0.39 is 23.8 Å². The maximum absolute atomic E-state index is 13.1. The molecule has 1 amide bonds. The van der Waals surface area contributed by atoms with Gasteiger partial charge in [0, 0.05) is 19.5 Å². The van der Waals surface area contributed by atoms with E-state index in [0.29, 0.717) is 19.3 Å². The van der Waals surface area contributed by atoms with E-state index in [0.717, 1.165) is 6.07 Å². The molecular weight excluding hydrogens is 269 g/mol. The largest absolute Gasteiger partial charge is 0.416 e. The number of likely N-dealkylation sites (N-methyl/N-ethyl adjacent to an activating group) is 1. The number of nitrogens with zero attached hydrogens (tertiary/aromatic N) is 1. The summed E-state index contributed by atoms with van der Waals surface area (Å²) in [6, 6.07) is 4.10. The average Bonchev–Trinajstić information content (AvgIpc) is 2.49. The van der Waals surface area contributed by atoms with E-state index in [2.05, 4.69) is 0 Å². The molecule has 2 N–H and O–H groups in total. The molecule has 20 heavy (non-hydrogen) atoms. The third kappa shape index (κ3) is 2.80. The Morgan fingerprint density at radius 1 is 1.30 bits per heavy atom. The normalized spacial score (nSPS) is 24.6.